The van der Waals surface area contributed by atoms with Crippen LogP contribution in [0.15, 0.2) is 29.0 Å². The topological polar surface area (TPSA) is 42.2 Å². The van der Waals surface area contributed by atoms with Crippen molar-refractivity contribution in [2.24, 2.45) is 0 Å². The van der Waals surface area contributed by atoms with E-state index in [0.717, 1.165) is 4.60 Å². The van der Waals surface area contributed by atoms with Crippen LogP contribution in [0.3, 0.4) is 0 Å². The summed E-state index contributed by atoms with van der Waals surface area (Å²) < 4.78 is 2.69. The number of aryl methyl sites for hydroxylation is 3. The largest absolute Gasteiger partial charge is 0.478 e. The molecule has 0 amide bonds. The Kier molecular flexibility index (Phi) is 3.80. The van der Waals surface area contributed by atoms with Crippen LogP contribution < -0.4 is 0 Å². The third-order valence-electron chi connectivity index (χ3n) is 3.26. The third-order valence-corrected chi connectivity index (χ3v) is 3.94. The monoisotopic (exact) mass is 321 g/mol. The fraction of sp³-hybridized carbons (Fsp3) is 0.267. The predicted octanol–water partition coefficient (Wildman–Crippen LogP) is 3.92. The summed E-state index contributed by atoms with van der Waals surface area (Å²) in [5.74, 6) is -0.906. The first-order chi connectivity index (χ1) is 8.88. The summed E-state index contributed by atoms with van der Waals surface area (Å²) in [5.41, 5.74) is 5.25. The highest BCUT2D eigenvalue weighted by atomic mass is 79.9. The van der Waals surface area contributed by atoms with Crippen LogP contribution >= 0.6 is 15.9 Å². The van der Waals surface area contributed by atoms with Gasteiger partial charge in [-0.3, -0.25) is 0 Å². The second-order valence-corrected chi connectivity index (χ2v) is 5.67. The van der Waals surface area contributed by atoms with Crippen molar-refractivity contribution in [2.75, 3.05) is 0 Å². The molecule has 0 fully saturated rings. The van der Waals surface area contributed by atoms with Gasteiger partial charge in [0.05, 0.1) is 10.2 Å². The van der Waals surface area contributed by atoms with Gasteiger partial charge in [0.1, 0.15) is 0 Å². The van der Waals surface area contributed by atoms with E-state index in [0.29, 0.717) is 12.1 Å². The first-order valence-electron chi connectivity index (χ1n) is 6.04. The van der Waals surface area contributed by atoms with Crippen molar-refractivity contribution in [1.29, 1.82) is 0 Å². The van der Waals surface area contributed by atoms with Gasteiger partial charge < -0.3 is 9.67 Å². The SMILES string of the molecule is Cc1cc(C)c(Cn2cc(C(=O)O)cc2Br)c(C)c1. The van der Waals surface area contributed by atoms with Crippen molar-refractivity contribution in [2.45, 2.75) is 27.3 Å². The van der Waals surface area contributed by atoms with Gasteiger partial charge in [-0.15, -0.1) is 0 Å². The highest BCUT2D eigenvalue weighted by Gasteiger charge is 2.11. The number of benzene rings is 1. The van der Waals surface area contributed by atoms with E-state index >= 15 is 0 Å². The van der Waals surface area contributed by atoms with E-state index in [2.05, 4.69) is 48.8 Å². The Bertz CT molecular complexity index is 621. The molecule has 1 heterocycles. The molecular formula is C15H16BrNO2. The Balaban J connectivity index is 2.39. The van der Waals surface area contributed by atoms with Crippen molar-refractivity contribution in [3.8, 4) is 0 Å². The zero-order valence-corrected chi connectivity index (χ0v) is 12.8. The maximum Gasteiger partial charge on any atom is 0.337 e. The molecule has 0 aliphatic heterocycles. The number of carboxylic acid groups (broad SMARTS) is 1. The van der Waals surface area contributed by atoms with Gasteiger partial charge in [-0.25, -0.2) is 4.79 Å². The van der Waals surface area contributed by atoms with Gasteiger partial charge in [0, 0.05) is 12.7 Å². The molecule has 0 atom stereocenters. The fourth-order valence-corrected chi connectivity index (χ4v) is 2.82. The second kappa shape index (κ2) is 5.21. The Morgan fingerprint density at radius 2 is 1.79 bits per heavy atom. The summed E-state index contributed by atoms with van der Waals surface area (Å²) in [6.45, 7) is 6.93. The number of rotatable bonds is 3. The molecule has 4 heteroatoms. The van der Waals surface area contributed by atoms with Crippen LogP contribution in [0.1, 0.15) is 32.6 Å². The number of aromatic nitrogens is 1. The summed E-state index contributed by atoms with van der Waals surface area (Å²) in [6, 6.07) is 5.93. The van der Waals surface area contributed by atoms with Crippen LogP contribution in [-0.2, 0) is 6.54 Å². The average Bonchev–Trinajstić information content (AvgIpc) is 2.65. The minimum absolute atomic E-state index is 0.300. The van der Waals surface area contributed by atoms with Crippen molar-refractivity contribution in [3.63, 3.8) is 0 Å². The summed E-state index contributed by atoms with van der Waals surface area (Å²) in [7, 11) is 0. The smallest absolute Gasteiger partial charge is 0.337 e. The van der Waals surface area contributed by atoms with E-state index < -0.39 is 5.97 Å². The van der Waals surface area contributed by atoms with E-state index in [-0.39, 0.29) is 0 Å². The maximum atomic E-state index is 11.0. The molecule has 19 heavy (non-hydrogen) atoms. The van der Waals surface area contributed by atoms with E-state index in [1.165, 1.54) is 22.3 Å². The van der Waals surface area contributed by atoms with Gasteiger partial charge in [-0.05, 0) is 59.5 Å². The Labute approximate surface area is 121 Å². The fourth-order valence-electron chi connectivity index (χ4n) is 2.35. The molecule has 2 aromatic rings. The van der Waals surface area contributed by atoms with Crippen molar-refractivity contribution >= 4 is 21.9 Å². The van der Waals surface area contributed by atoms with Crippen LogP contribution in [0, 0.1) is 20.8 Å². The molecule has 0 saturated heterocycles. The first-order valence-corrected chi connectivity index (χ1v) is 6.83. The molecule has 0 aliphatic carbocycles. The number of halogens is 1. The van der Waals surface area contributed by atoms with Gasteiger partial charge in [-0.1, -0.05) is 17.7 Å². The van der Waals surface area contributed by atoms with Crippen LogP contribution in [0.4, 0.5) is 0 Å². The van der Waals surface area contributed by atoms with Gasteiger partial charge in [0.2, 0.25) is 0 Å². The molecular weight excluding hydrogens is 306 g/mol. The lowest BCUT2D eigenvalue weighted by atomic mass is 10.00. The summed E-state index contributed by atoms with van der Waals surface area (Å²) in [6.07, 6.45) is 1.66. The normalized spacial score (nSPS) is 10.7. The van der Waals surface area contributed by atoms with Gasteiger partial charge in [0.25, 0.3) is 0 Å². The minimum atomic E-state index is -0.906. The van der Waals surface area contributed by atoms with E-state index in [1.54, 1.807) is 12.3 Å². The molecule has 0 bridgehead atoms. The molecule has 1 N–H and O–H groups in total. The van der Waals surface area contributed by atoms with E-state index in [1.807, 2.05) is 4.57 Å². The first kappa shape index (κ1) is 13.9. The molecule has 0 radical (unpaired) electrons. The molecule has 100 valence electrons. The number of hydrogen-bond donors (Lipinski definition) is 1. The number of carboxylic acids is 1. The van der Waals surface area contributed by atoms with E-state index in [4.69, 9.17) is 5.11 Å². The molecule has 2 rings (SSSR count). The van der Waals surface area contributed by atoms with Gasteiger partial charge in [0.15, 0.2) is 0 Å². The highest BCUT2D eigenvalue weighted by molar-refractivity contribution is 9.10. The highest BCUT2D eigenvalue weighted by Crippen LogP contribution is 2.22. The van der Waals surface area contributed by atoms with Crippen LogP contribution in [-0.4, -0.2) is 15.6 Å². The van der Waals surface area contributed by atoms with Crippen LogP contribution in [0.25, 0.3) is 0 Å². The number of carbonyl (C=O) groups is 1. The van der Waals surface area contributed by atoms with Crippen molar-refractivity contribution in [1.82, 2.24) is 4.57 Å². The number of hydrogen-bond acceptors (Lipinski definition) is 1. The van der Waals surface area contributed by atoms with Crippen molar-refractivity contribution in [3.05, 3.63) is 56.8 Å². The maximum absolute atomic E-state index is 11.0. The van der Waals surface area contributed by atoms with Crippen LogP contribution in [0.2, 0.25) is 0 Å². The molecule has 0 unspecified atom stereocenters. The van der Waals surface area contributed by atoms with E-state index in [9.17, 15) is 4.79 Å². The lowest BCUT2D eigenvalue weighted by Crippen LogP contribution is -2.03. The molecule has 3 nitrogen and oxygen atoms in total. The molecule has 1 aromatic carbocycles. The molecule has 0 spiro atoms. The quantitative estimate of drug-likeness (QED) is 0.930. The Morgan fingerprint density at radius 3 is 2.26 bits per heavy atom. The van der Waals surface area contributed by atoms with Crippen LogP contribution in [0.5, 0.6) is 0 Å². The average molecular weight is 322 g/mol. The van der Waals surface area contributed by atoms with Gasteiger partial charge >= 0.3 is 5.97 Å². The standard InChI is InChI=1S/C15H16BrNO2/c1-9-4-10(2)13(11(3)5-9)8-17-7-12(15(18)19)6-14(17)16/h4-7H,8H2,1-3H3,(H,18,19). The Morgan fingerprint density at radius 1 is 1.21 bits per heavy atom. The Hall–Kier alpha value is -1.55. The zero-order valence-electron chi connectivity index (χ0n) is 11.2. The van der Waals surface area contributed by atoms with Crippen molar-refractivity contribution < 1.29 is 9.90 Å². The zero-order chi connectivity index (χ0) is 14.2. The summed E-state index contributed by atoms with van der Waals surface area (Å²) >= 11 is 3.41. The second-order valence-electron chi connectivity index (χ2n) is 4.86. The molecule has 1 aromatic heterocycles. The summed E-state index contributed by atoms with van der Waals surface area (Å²) in [4.78, 5) is 11.0. The number of aromatic carboxylic acids is 1. The number of nitrogens with zero attached hydrogens (tertiary/aromatic N) is 1. The summed E-state index contributed by atoms with van der Waals surface area (Å²) in [5, 5.41) is 9.00. The predicted molar refractivity (Wildman–Crippen MR) is 78.8 cm³/mol. The molecule has 0 saturated carbocycles. The molecule has 0 aliphatic rings. The third kappa shape index (κ3) is 2.89. The lowest BCUT2D eigenvalue weighted by Gasteiger charge is -2.13. The lowest BCUT2D eigenvalue weighted by molar-refractivity contribution is 0.0697. The van der Waals surface area contributed by atoms with Gasteiger partial charge in [-0.2, -0.15) is 0 Å². The minimum Gasteiger partial charge on any atom is -0.478 e.